The van der Waals surface area contributed by atoms with E-state index in [1.54, 1.807) is 17.4 Å². The lowest BCUT2D eigenvalue weighted by molar-refractivity contribution is -0.384. The number of thiophene rings is 1. The average molecular weight is 371 g/mol. The molecule has 0 aliphatic rings. The lowest BCUT2D eigenvalue weighted by Gasteiger charge is -2.12. The molecule has 0 atom stereocenters. The number of nitrogens with zero attached hydrogens (tertiary/aromatic N) is 1. The van der Waals surface area contributed by atoms with Gasteiger partial charge in [0.05, 0.1) is 20.9 Å². The summed E-state index contributed by atoms with van der Waals surface area (Å²) in [5, 5.41) is 14.2. The molecule has 1 aromatic carbocycles. The molecule has 5 nitrogen and oxygen atoms in total. The number of non-ortho nitro benzene ring substituents is 1. The first-order chi connectivity index (χ1) is 9.94. The summed E-state index contributed by atoms with van der Waals surface area (Å²) in [5.41, 5.74) is 0.687. The first kappa shape index (κ1) is 15.8. The molecule has 112 valence electrons. The number of nitro benzene ring substituents is 1. The molecule has 0 fully saturated rings. The van der Waals surface area contributed by atoms with E-state index in [1.807, 2.05) is 26.0 Å². The van der Waals surface area contributed by atoms with E-state index in [4.69, 9.17) is 4.74 Å². The van der Waals surface area contributed by atoms with Gasteiger partial charge in [-0.15, -0.1) is 11.3 Å². The van der Waals surface area contributed by atoms with Crippen LogP contribution in [0.2, 0.25) is 0 Å². The third-order valence-electron chi connectivity index (χ3n) is 2.57. The molecule has 2 aromatic rings. The highest BCUT2D eigenvalue weighted by molar-refractivity contribution is 9.11. The van der Waals surface area contributed by atoms with Crippen LogP contribution in [0, 0.1) is 10.1 Å². The Kier molecular flexibility index (Phi) is 5.19. The van der Waals surface area contributed by atoms with Gasteiger partial charge in [0.1, 0.15) is 5.75 Å². The monoisotopic (exact) mass is 370 g/mol. The van der Waals surface area contributed by atoms with E-state index in [2.05, 4.69) is 21.2 Å². The van der Waals surface area contributed by atoms with Crippen LogP contribution in [0.3, 0.4) is 0 Å². The maximum absolute atomic E-state index is 11.0. The molecular formula is C14H15BrN2O3S. The molecule has 0 spiro atoms. The zero-order valence-electron chi connectivity index (χ0n) is 11.6. The Morgan fingerprint density at radius 3 is 2.71 bits per heavy atom. The van der Waals surface area contributed by atoms with Crippen LogP contribution in [0.15, 0.2) is 34.1 Å². The van der Waals surface area contributed by atoms with Crippen LogP contribution in [0.25, 0.3) is 0 Å². The number of nitrogens with one attached hydrogen (secondary N) is 1. The highest BCUT2D eigenvalue weighted by Crippen LogP contribution is 2.28. The second-order valence-corrected chi connectivity index (χ2v) is 7.25. The molecule has 2 rings (SSSR count). The second-order valence-electron chi connectivity index (χ2n) is 4.70. The summed E-state index contributed by atoms with van der Waals surface area (Å²) in [6, 6.07) is 8.70. The molecule has 1 aromatic heterocycles. The summed E-state index contributed by atoms with van der Waals surface area (Å²) in [4.78, 5) is 11.7. The Balaban J connectivity index is 2.16. The number of rotatable bonds is 6. The lowest BCUT2D eigenvalue weighted by atomic mass is 10.2. The van der Waals surface area contributed by atoms with Crippen LogP contribution in [-0.4, -0.2) is 11.0 Å². The van der Waals surface area contributed by atoms with Crippen molar-refractivity contribution in [3.63, 3.8) is 0 Å². The average Bonchev–Trinajstić information content (AvgIpc) is 2.81. The number of anilines is 1. The van der Waals surface area contributed by atoms with Crippen LogP contribution in [0.1, 0.15) is 18.7 Å². The molecule has 0 amide bonds. The highest BCUT2D eigenvalue weighted by Gasteiger charge is 2.11. The SMILES string of the molecule is CC(C)Oc1cc(NCc2ccc(Br)s2)cc([N+](=O)[O-])c1. The number of ether oxygens (including phenoxy) is 1. The van der Waals surface area contributed by atoms with Gasteiger partial charge in [-0.3, -0.25) is 10.1 Å². The Morgan fingerprint density at radius 2 is 2.14 bits per heavy atom. The fourth-order valence-corrected chi connectivity index (χ4v) is 3.19. The summed E-state index contributed by atoms with van der Waals surface area (Å²) < 4.78 is 6.61. The number of benzene rings is 1. The van der Waals surface area contributed by atoms with E-state index in [-0.39, 0.29) is 11.8 Å². The highest BCUT2D eigenvalue weighted by atomic mass is 79.9. The zero-order chi connectivity index (χ0) is 15.4. The second kappa shape index (κ2) is 6.91. The minimum Gasteiger partial charge on any atom is -0.491 e. The fraction of sp³-hybridized carbons (Fsp3) is 0.286. The Bertz CT molecular complexity index is 643. The van der Waals surface area contributed by atoms with Gasteiger partial charge in [-0.25, -0.2) is 0 Å². The van der Waals surface area contributed by atoms with Gasteiger partial charge in [-0.2, -0.15) is 0 Å². The lowest BCUT2D eigenvalue weighted by Crippen LogP contribution is -2.06. The normalized spacial score (nSPS) is 10.7. The van der Waals surface area contributed by atoms with Gasteiger partial charge in [0.25, 0.3) is 5.69 Å². The number of hydrogen-bond acceptors (Lipinski definition) is 5. The van der Waals surface area contributed by atoms with Crippen LogP contribution in [0.5, 0.6) is 5.75 Å². The summed E-state index contributed by atoms with van der Waals surface area (Å²) in [5.74, 6) is 0.495. The van der Waals surface area contributed by atoms with Gasteiger partial charge in [-0.1, -0.05) is 0 Å². The van der Waals surface area contributed by atoms with Crippen LogP contribution < -0.4 is 10.1 Å². The molecule has 0 bridgehead atoms. The van der Waals surface area contributed by atoms with Crippen molar-refractivity contribution in [2.45, 2.75) is 26.5 Å². The largest absolute Gasteiger partial charge is 0.491 e. The van der Waals surface area contributed by atoms with Gasteiger partial charge < -0.3 is 10.1 Å². The van der Waals surface area contributed by atoms with Crippen molar-refractivity contribution in [3.8, 4) is 5.75 Å². The van der Waals surface area contributed by atoms with Crippen molar-refractivity contribution in [2.75, 3.05) is 5.32 Å². The van der Waals surface area contributed by atoms with E-state index in [0.29, 0.717) is 18.0 Å². The minimum atomic E-state index is -0.417. The van der Waals surface area contributed by atoms with Crippen molar-refractivity contribution in [2.24, 2.45) is 0 Å². The molecule has 0 saturated carbocycles. The van der Waals surface area contributed by atoms with Crippen LogP contribution >= 0.6 is 27.3 Å². The summed E-state index contributed by atoms with van der Waals surface area (Å²) >= 11 is 5.03. The smallest absolute Gasteiger partial charge is 0.275 e. The third kappa shape index (κ3) is 4.71. The van der Waals surface area contributed by atoms with Crippen molar-refractivity contribution in [1.29, 1.82) is 0 Å². The minimum absolute atomic E-state index is 0.0167. The maximum Gasteiger partial charge on any atom is 0.275 e. The number of halogens is 1. The van der Waals surface area contributed by atoms with Gasteiger partial charge >= 0.3 is 0 Å². The predicted molar refractivity (Wildman–Crippen MR) is 88.2 cm³/mol. The van der Waals surface area contributed by atoms with Gasteiger partial charge in [0.2, 0.25) is 0 Å². The molecule has 1 heterocycles. The van der Waals surface area contributed by atoms with E-state index in [9.17, 15) is 10.1 Å². The third-order valence-corrected chi connectivity index (χ3v) is 4.19. The fourth-order valence-electron chi connectivity index (χ4n) is 1.77. The molecule has 0 saturated heterocycles. The van der Waals surface area contributed by atoms with Crippen molar-refractivity contribution < 1.29 is 9.66 Å². The molecule has 0 radical (unpaired) electrons. The topological polar surface area (TPSA) is 64.4 Å². The molecule has 0 aliphatic carbocycles. The predicted octanol–water partition coefficient (Wildman–Crippen LogP) is 4.82. The van der Waals surface area contributed by atoms with E-state index in [1.165, 1.54) is 12.1 Å². The molecule has 0 aliphatic heterocycles. The van der Waals surface area contributed by atoms with Gasteiger partial charge in [-0.05, 0) is 41.9 Å². The zero-order valence-corrected chi connectivity index (χ0v) is 14.0. The summed E-state index contributed by atoms with van der Waals surface area (Å²) in [7, 11) is 0. The van der Waals surface area contributed by atoms with Crippen molar-refractivity contribution >= 4 is 38.6 Å². The standard InChI is InChI=1S/C14H15BrN2O3S/c1-9(2)20-12-6-10(5-11(7-12)17(18)19)16-8-13-3-4-14(15)21-13/h3-7,9,16H,8H2,1-2H3. The van der Waals surface area contributed by atoms with E-state index in [0.717, 1.165) is 8.66 Å². The summed E-state index contributed by atoms with van der Waals surface area (Å²) in [6.45, 7) is 4.38. The van der Waals surface area contributed by atoms with Crippen molar-refractivity contribution in [3.05, 3.63) is 49.1 Å². The van der Waals surface area contributed by atoms with Gasteiger partial charge in [0, 0.05) is 29.2 Å². The van der Waals surface area contributed by atoms with Crippen LogP contribution in [-0.2, 0) is 6.54 Å². The summed E-state index contributed by atoms with van der Waals surface area (Å²) in [6.07, 6.45) is -0.0342. The van der Waals surface area contributed by atoms with Crippen molar-refractivity contribution in [1.82, 2.24) is 0 Å². The molecular weight excluding hydrogens is 356 g/mol. The maximum atomic E-state index is 11.0. The Labute approximate surface area is 135 Å². The van der Waals surface area contributed by atoms with E-state index < -0.39 is 4.92 Å². The first-order valence-corrected chi connectivity index (χ1v) is 7.99. The molecule has 7 heteroatoms. The van der Waals surface area contributed by atoms with Gasteiger partial charge in [0.15, 0.2) is 0 Å². The van der Waals surface area contributed by atoms with E-state index >= 15 is 0 Å². The first-order valence-electron chi connectivity index (χ1n) is 6.38. The Morgan fingerprint density at radius 1 is 1.38 bits per heavy atom. The quantitative estimate of drug-likeness (QED) is 0.584. The molecule has 0 unspecified atom stereocenters. The van der Waals surface area contributed by atoms with Crippen LogP contribution in [0.4, 0.5) is 11.4 Å². The Hall–Kier alpha value is -1.60. The number of nitro groups is 1. The number of hydrogen-bond donors (Lipinski definition) is 1. The molecule has 21 heavy (non-hydrogen) atoms. The molecule has 1 N–H and O–H groups in total.